The Labute approximate surface area is 110 Å². The number of para-hydroxylation sites is 1. The molecule has 1 heterocycles. The van der Waals surface area contributed by atoms with E-state index in [9.17, 15) is 0 Å². The summed E-state index contributed by atoms with van der Waals surface area (Å²) >= 11 is 20.9. The molecule has 15 heavy (non-hydrogen) atoms. The van der Waals surface area contributed by atoms with Gasteiger partial charge in [0.2, 0.25) is 3.79 Å². The predicted molar refractivity (Wildman–Crippen MR) is 67.7 cm³/mol. The van der Waals surface area contributed by atoms with Crippen molar-refractivity contribution in [2.75, 3.05) is 0 Å². The van der Waals surface area contributed by atoms with Gasteiger partial charge in [0, 0.05) is 11.5 Å². The fourth-order valence-electron chi connectivity index (χ4n) is 1.43. The molecule has 2 rings (SSSR count). The standard InChI is InChI=1S/C9H6BrCl3N2/c1-15-6-4-2-3-5(10)7(6)14-8(15)9(11,12)13/h2-4H,1H3. The molecule has 0 aliphatic carbocycles. The SMILES string of the molecule is Cn1c(C(Cl)(Cl)Cl)nc2c(Br)cccc21. The second-order valence-corrected chi connectivity index (χ2v) is 6.24. The number of aromatic nitrogens is 2. The number of rotatable bonds is 0. The van der Waals surface area contributed by atoms with Gasteiger partial charge in [-0.1, -0.05) is 40.9 Å². The topological polar surface area (TPSA) is 17.8 Å². The number of imidazole rings is 1. The van der Waals surface area contributed by atoms with Gasteiger partial charge in [-0.05, 0) is 28.1 Å². The van der Waals surface area contributed by atoms with Gasteiger partial charge in [0.15, 0.2) is 5.82 Å². The first-order chi connectivity index (χ1) is 6.91. The monoisotopic (exact) mass is 326 g/mol. The largest absolute Gasteiger partial charge is 0.327 e. The highest BCUT2D eigenvalue weighted by Crippen LogP contribution is 2.39. The fourth-order valence-corrected chi connectivity index (χ4v) is 2.39. The Balaban J connectivity index is 2.81. The Kier molecular flexibility index (Phi) is 2.93. The first-order valence-electron chi connectivity index (χ1n) is 4.09. The van der Waals surface area contributed by atoms with Crippen LogP contribution in [0.4, 0.5) is 0 Å². The molecule has 0 amide bonds. The van der Waals surface area contributed by atoms with Crippen LogP contribution in [0.25, 0.3) is 11.0 Å². The molecule has 0 atom stereocenters. The van der Waals surface area contributed by atoms with Crippen LogP contribution < -0.4 is 0 Å². The maximum absolute atomic E-state index is 5.82. The van der Waals surface area contributed by atoms with Gasteiger partial charge in [-0.25, -0.2) is 4.98 Å². The summed E-state index contributed by atoms with van der Waals surface area (Å²) in [6.07, 6.45) is 0. The number of halogens is 4. The summed E-state index contributed by atoms with van der Waals surface area (Å²) in [6.45, 7) is 0. The minimum absolute atomic E-state index is 0.411. The van der Waals surface area contributed by atoms with Gasteiger partial charge >= 0.3 is 0 Å². The van der Waals surface area contributed by atoms with Crippen molar-refractivity contribution in [3.63, 3.8) is 0 Å². The summed E-state index contributed by atoms with van der Waals surface area (Å²) < 4.78 is 1.15. The van der Waals surface area contributed by atoms with Crippen LogP contribution in [0.2, 0.25) is 0 Å². The zero-order valence-corrected chi connectivity index (χ0v) is 11.5. The summed E-state index contributed by atoms with van der Waals surface area (Å²) in [5.41, 5.74) is 1.71. The van der Waals surface area contributed by atoms with E-state index in [1.165, 1.54) is 0 Å². The fraction of sp³-hybridized carbons (Fsp3) is 0.222. The molecule has 0 radical (unpaired) electrons. The molecule has 2 nitrogen and oxygen atoms in total. The van der Waals surface area contributed by atoms with E-state index >= 15 is 0 Å². The van der Waals surface area contributed by atoms with Crippen LogP contribution >= 0.6 is 50.7 Å². The van der Waals surface area contributed by atoms with Crippen molar-refractivity contribution >= 4 is 61.8 Å². The van der Waals surface area contributed by atoms with E-state index in [1.54, 1.807) is 4.57 Å². The van der Waals surface area contributed by atoms with Crippen LogP contribution in [0.3, 0.4) is 0 Å². The maximum Gasteiger partial charge on any atom is 0.248 e. The van der Waals surface area contributed by atoms with Crippen LogP contribution in [-0.4, -0.2) is 9.55 Å². The maximum atomic E-state index is 5.82. The van der Waals surface area contributed by atoms with Crippen molar-refractivity contribution in [1.82, 2.24) is 9.55 Å². The van der Waals surface area contributed by atoms with Gasteiger partial charge in [-0.3, -0.25) is 0 Å². The molecule has 1 aromatic carbocycles. The predicted octanol–water partition coefficient (Wildman–Crippen LogP) is 4.16. The van der Waals surface area contributed by atoms with E-state index in [2.05, 4.69) is 20.9 Å². The van der Waals surface area contributed by atoms with E-state index in [-0.39, 0.29) is 0 Å². The van der Waals surface area contributed by atoms with Gasteiger partial charge in [-0.15, -0.1) is 0 Å². The van der Waals surface area contributed by atoms with Crippen molar-refractivity contribution in [2.24, 2.45) is 7.05 Å². The minimum atomic E-state index is -1.51. The molecule has 0 bridgehead atoms. The molecule has 0 unspecified atom stereocenters. The molecule has 0 aliphatic heterocycles. The minimum Gasteiger partial charge on any atom is -0.327 e. The summed E-state index contributed by atoms with van der Waals surface area (Å²) in [4.78, 5) is 4.30. The normalized spacial score (nSPS) is 12.3. The molecule has 0 fully saturated rings. The first-order valence-corrected chi connectivity index (χ1v) is 6.02. The van der Waals surface area contributed by atoms with Gasteiger partial charge in [0.1, 0.15) is 5.52 Å². The van der Waals surface area contributed by atoms with Gasteiger partial charge in [0.25, 0.3) is 0 Å². The lowest BCUT2D eigenvalue weighted by Gasteiger charge is -2.09. The molecule has 0 N–H and O–H groups in total. The zero-order valence-electron chi connectivity index (χ0n) is 7.64. The van der Waals surface area contributed by atoms with Crippen LogP contribution in [0, 0.1) is 0 Å². The van der Waals surface area contributed by atoms with Gasteiger partial charge < -0.3 is 4.57 Å². The summed E-state index contributed by atoms with van der Waals surface area (Å²) in [7, 11) is 1.82. The van der Waals surface area contributed by atoms with Crippen LogP contribution in [0.1, 0.15) is 5.82 Å². The van der Waals surface area contributed by atoms with E-state index in [0.717, 1.165) is 15.5 Å². The van der Waals surface area contributed by atoms with Crippen molar-refractivity contribution < 1.29 is 0 Å². The summed E-state index contributed by atoms with van der Waals surface area (Å²) in [6, 6.07) is 5.74. The smallest absolute Gasteiger partial charge is 0.248 e. The zero-order chi connectivity index (χ0) is 11.2. The average Bonchev–Trinajstić information content (AvgIpc) is 2.45. The third kappa shape index (κ3) is 1.98. The van der Waals surface area contributed by atoms with Crippen molar-refractivity contribution in [3.8, 4) is 0 Å². The number of nitrogens with zero attached hydrogens (tertiary/aromatic N) is 2. The number of aryl methyl sites for hydroxylation is 1. The van der Waals surface area contributed by atoms with Crippen molar-refractivity contribution in [2.45, 2.75) is 3.79 Å². The second kappa shape index (κ2) is 3.81. The Bertz CT molecular complexity index is 516. The van der Waals surface area contributed by atoms with E-state index < -0.39 is 3.79 Å². The number of fused-ring (bicyclic) bond motifs is 1. The van der Waals surface area contributed by atoms with E-state index in [4.69, 9.17) is 34.8 Å². The van der Waals surface area contributed by atoms with Crippen LogP contribution in [-0.2, 0) is 10.8 Å². The number of alkyl halides is 3. The molecular weight excluding hydrogens is 322 g/mol. The summed E-state index contributed by atoms with van der Waals surface area (Å²) in [5.74, 6) is 0.411. The lowest BCUT2D eigenvalue weighted by Crippen LogP contribution is -2.08. The molecule has 0 saturated carbocycles. The highest BCUT2D eigenvalue weighted by atomic mass is 79.9. The molecule has 0 spiro atoms. The Hall–Kier alpha value is 0.0400. The lowest BCUT2D eigenvalue weighted by atomic mass is 10.3. The Morgan fingerprint density at radius 1 is 1.33 bits per heavy atom. The molecule has 0 saturated heterocycles. The number of hydrogen-bond donors (Lipinski definition) is 0. The molecule has 0 aliphatic rings. The number of benzene rings is 1. The Morgan fingerprint density at radius 3 is 2.53 bits per heavy atom. The van der Waals surface area contributed by atoms with Crippen molar-refractivity contribution in [1.29, 1.82) is 0 Å². The van der Waals surface area contributed by atoms with E-state index in [1.807, 2.05) is 25.2 Å². The third-order valence-corrected chi connectivity index (χ3v) is 3.26. The molecule has 6 heteroatoms. The van der Waals surface area contributed by atoms with Gasteiger partial charge in [-0.2, -0.15) is 0 Å². The van der Waals surface area contributed by atoms with E-state index in [0.29, 0.717) is 5.82 Å². The highest BCUT2D eigenvalue weighted by molar-refractivity contribution is 9.10. The molecule has 80 valence electrons. The Morgan fingerprint density at radius 2 is 2.00 bits per heavy atom. The number of hydrogen-bond acceptors (Lipinski definition) is 1. The molecular formula is C9H6BrCl3N2. The summed E-state index contributed by atoms with van der Waals surface area (Å²) in [5, 5.41) is 0. The van der Waals surface area contributed by atoms with Gasteiger partial charge in [0.05, 0.1) is 5.52 Å². The highest BCUT2D eigenvalue weighted by Gasteiger charge is 2.29. The quantitative estimate of drug-likeness (QED) is 0.664. The second-order valence-electron chi connectivity index (χ2n) is 3.10. The molecule has 1 aromatic heterocycles. The average molecular weight is 328 g/mol. The first kappa shape index (κ1) is 11.5. The lowest BCUT2D eigenvalue weighted by molar-refractivity contribution is 0.841. The molecule has 2 aromatic rings. The van der Waals surface area contributed by atoms with Crippen LogP contribution in [0.15, 0.2) is 22.7 Å². The third-order valence-electron chi connectivity index (χ3n) is 2.12. The van der Waals surface area contributed by atoms with Crippen LogP contribution in [0.5, 0.6) is 0 Å². The van der Waals surface area contributed by atoms with Crippen molar-refractivity contribution in [3.05, 3.63) is 28.5 Å².